The lowest BCUT2D eigenvalue weighted by Gasteiger charge is -1.92. The number of halogens is 1. The van der Waals surface area contributed by atoms with E-state index in [1.807, 2.05) is 41.8 Å². The largest absolute Gasteiger partial charge is 0.289 e. The zero-order valence-corrected chi connectivity index (χ0v) is 10.6. The molecule has 2 aromatic carbocycles. The molecule has 3 heteroatoms. The molecule has 1 aromatic heterocycles. The number of fused-ring (bicyclic) bond motifs is 2. The SMILES string of the molecule is O=c1c2ccsc2cc(Br)c2ccccc12. The average molecular weight is 291 g/mol. The molecule has 1 nitrogen and oxygen atoms in total. The third-order valence-electron chi connectivity index (χ3n) is 2.63. The van der Waals surface area contributed by atoms with E-state index in [0.29, 0.717) is 0 Å². The topological polar surface area (TPSA) is 17.1 Å². The molecule has 16 heavy (non-hydrogen) atoms. The van der Waals surface area contributed by atoms with Gasteiger partial charge in [0.25, 0.3) is 0 Å². The van der Waals surface area contributed by atoms with Crippen LogP contribution in [0.3, 0.4) is 0 Å². The molecule has 0 aliphatic rings. The van der Waals surface area contributed by atoms with Crippen LogP contribution in [-0.2, 0) is 0 Å². The van der Waals surface area contributed by atoms with Crippen LogP contribution in [0.4, 0.5) is 0 Å². The Balaban J connectivity index is 2.75. The number of hydrogen-bond donors (Lipinski definition) is 0. The molecule has 0 aliphatic carbocycles. The van der Waals surface area contributed by atoms with Crippen molar-refractivity contribution in [3.63, 3.8) is 0 Å². The minimum absolute atomic E-state index is 0.109. The van der Waals surface area contributed by atoms with E-state index in [4.69, 9.17) is 0 Å². The van der Waals surface area contributed by atoms with Crippen molar-refractivity contribution in [1.29, 1.82) is 0 Å². The molecule has 1 heterocycles. The molecule has 0 fully saturated rings. The van der Waals surface area contributed by atoms with Crippen molar-refractivity contribution in [2.75, 3.05) is 0 Å². The van der Waals surface area contributed by atoms with Crippen LogP contribution >= 0.6 is 27.3 Å². The molecule has 0 radical (unpaired) electrons. The van der Waals surface area contributed by atoms with Gasteiger partial charge in [0.1, 0.15) is 0 Å². The summed E-state index contributed by atoms with van der Waals surface area (Å²) in [4.78, 5) is 12.3. The van der Waals surface area contributed by atoms with Gasteiger partial charge in [-0.25, -0.2) is 0 Å². The van der Waals surface area contributed by atoms with E-state index in [2.05, 4.69) is 15.9 Å². The lowest BCUT2D eigenvalue weighted by Crippen LogP contribution is -1.96. The molecule has 3 rings (SSSR count). The van der Waals surface area contributed by atoms with Crippen molar-refractivity contribution in [3.8, 4) is 0 Å². The Morgan fingerprint density at radius 1 is 1.00 bits per heavy atom. The number of thiophene rings is 1. The molecule has 3 aromatic rings. The Morgan fingerprint density at radius 2 is 1.75 bits per heavy atom. The van der Waals surface area contributed by atoms with Gasteiger partial charge in [-0.15, -0.1) is 11.3 Å². The van der Waals surface area contributed by atoms with Gasteiger partial charge in [0, 0.05) is 19.9 Å². The number of hydrogen-bond acceptors (Lipinski definition) is 2. The van der Waals surface area contributed by atoms with Gasteiger partial charge in [-0.3, -0.25) is 4.79 Å². The molecule has 0 aliphatic heterocycles. The molecular weight excluding hydrogens is 284 g/mol. The highest BCUT2D eigenvalue weighted by atomic mass is 79.9. The first-order valence-corrected chi connectivity index (χ1v) is 6.53. The predicted octanol–water partition coefficient (Wildman–Crippen LogP) is 4.18. The van der Waals surface area contributed by atoms with Crippen LogP contribution in [0.15, 0.2) is 51.0 Å². The summed E-state index contributed by atoms with van der Waals surface area (Å²) in [6.45, 7) is 0. The highest BCUT2D eigenvalue weighted by molar-refractivity contribution is 9.10. The summed E-state index contributed by atoms with van der Waals surface area (Å²) in [7, 11) is 0. The quantitative estimate of drug-likeness (QED) is 0.607. The first kappa shape index (κ1) is 10.00. The zero-order valence-electron chi connectivity index (χ0n) is 8.24. The van der Waals surface area contributed by atoms with Gasteiger partial charge in [0.15, 0.2) is 5.43 Å². The summed E-state index contributed by atoms with van der Waals surface area (Å²) in [5.41, 5.74) is 0.109. The third-order valence-corrected chi connectivity index (χ3v) is 4.15. The second-order valence-corrected chi connectivity index (χ2v) is 5.37. The van der Waals surface area contributed by atoms with Gasteiger partial charge in [0.2, 0.25) is 0 Å². The molecule has 0 unspecified atom stereocenters. The van der Waals surface area contributed by atoms with Crippen LogP contribution in [0.5, 0.6) is 0 Å². The monoisotopic (exact) mass is 290 g/mol. The Labute approximate surface area is 104 Å². The van der Waals surface area contributed by atoms with Crippen molar-refractivity contribution >= 4 is 48.1 Å². The molecule has 0 saturated carbocycles. The summed E-state index contributed by atoms with van der Waals surface area (Å²) >= 11 is 5.12. The second-order valence-electron chi connectivity index (χ2n) is 3.57. The van der Waals surface area contributed by atoms with Crippen LogP contribution in [0.2, 0.25) is 0 Å². The smallest absolute Gasteiger partial charge is 0.195 e. The van der Waals surface area contributed by atoms with Gasteiger partial charge in [0.05, 0.1) is 0 Å². The maximum Gasteiger partial charge on any atom is 0.195 e. The highest BCUT2D eigenvalue weighted by Gasteiger charge is 2.05. The fraction of sp³-hybridized carbons (Fsp3) is 0. The Kier molecular flexibility index (Phi) is 2.30. The molecule has 0 N–H and O–H groups in total. The Hall–Kier alpha value is -1.19. The lowest BCUT2D eigenvalue weighted by molar-refractivity contribution is 1.76. The first-order valence-electron chi connectivity index (χ1n) is 4.86. The molecule has 0 spiro atoms. The van der Waals surface area contributed by atoms with E-state index >= 15 is 0 Å². The van der Waals surface area contributed by atoms with Gasteiger partial charge < -0.3 is 0 Å². The van der Waals surface area contributed by atoms with Gasteiger partial charge in [-0.1, -0.05) is 40.2 Å². The normalized spacial score (nSPS) is 11.1. The molecule has 78 valence electrons. The van der Waals surface area contributed by atoms with E-state index < -0.39 is 0 Å². The van der Waals surface area contributed by atoms with Crippen LogP contribution in [-0.4, -0.2) is 0 Å². The van der Waals surface area contributed by atoms with Gasteiger partial charge >= 0.3 is 0 Å². The summed E-state index contributed by atoms with van der Waals surface area (Å²) in [6, 6.07) is 11.6. The van der Waals surface area contributed by atoms with Crippen molar-refractivity contribution in [3.05, 3.63) is 56.5 Å². The number of rotatable bonds is 0. The van der Waals surface area contributed by atoms with E-state index in [9.17, 15) is 4.79 Å². The molecule has 0 saturated heterocycles. The van der Waals surface area contributed by atoms with Crippen molar-refractivity contribution < 1.29 is 0 Å². The summed E-state index contributed by atoms with van der Waals surface area (Å²) in [5, 5.41) is 4.48. The lowest BCUT2D eigenvalue weighted by atomic mass is 10.2. The van der Waals surface area contributed by atoms with Crippen molar-refractivity contribution in [1.82, 2.24) is 0 Å². The van der Waals surface area contributed by atoms with Crippen LogP contribution in [0.25, 0.3) is 20.9 Å². The van der Waals surface area contributed by atoms with Crippen LogP contribution in [0, 0.1) is 0 Å². The summed E-state index contributed by atoms with van der Waals surface area (Å²) < 4.78 is 1.99. The molecule has 0 amide bonds. The maximum atomic E-state index is 12.3. The minimum atomic E-state index is 0.109. The molecule has 0 atom stereocenters. The minimum Gasteiger partial charge on any atom is -0.289 e. The summed E-state index contributed by atoms with van der Waals surface area (Å²) in [5.74, 6) is 0. The average Bonchev–Trinajstić information content (AvgIpc) is 2.72. The third kappa shape index (κ3) is 1.39. The molecular formula is C13H7BrOS. The first-order chi connectivity index (χ1) is 7.77. The fourth-order valence-corrected chi connectivity index (χ4v) is 3.40. The maximum absolute atomic E-state index is 12.3. The Morgan fingerprint density at radius 3 is 2.56 bits per heavy atom. The highest BCUT2D eigenvalue weighted by Crippen LogP contribution is 2.26. The Bertz CT molecular complexity index is 746. The van der Waals surface area contributed by atoms with E-state index in [1.54, 1.807) is 11.3 Å². The van der Waals surface area contributed by atoms with Crippen LogP contribution in [0.1, 0.15) is 0 Å². The van der Waals surface area contributed by atoms with E-state index in [-0.39, 0.29) is 5.43 Å². The fourth-order valence-electron chi connectivity index (χ4n) is 1.85. The standard InChI is InChI=1S/C13H7BrOS/c14-11-7-12-10(5-6-16-12)13(15)9-4-2-1-3-8(9)11/h1-7H. The zero-order chi connectivity index (χ0) is 11.1. The number of benzene rings is 1. The summed E-state index contributed by atoms with van der Waals surface area (Å²) in [6.07, 6.45) is 0. The van der Waals surface area contributed by atoms with Gasteiger partial charge in [-0.2, -0.15) is 0 Å². The van der Waals surface area contributed by atoms with Gasteiger partial charge in [-0.05, 0) is 22.9 Å². The van der Waals surface area contributed by atoms with Crippen molar-refractivity contribution in [2.45, 2.75) is 0 Å². The molecule has 0 bridgehead atoms. The van der Waals surface area contributed by atoms with E-state index in [0.717, 1.165) is 25.3 Å². The van der Waals surface area contributed by atoms with E-state index in [1.165, 1.54) is 0 Å². The second kappa shape index (κ2) is 3.68. The predicted molar refractivity (Wildman–Crippen MR) is 73.3 cm³/mol. The van der Waals surface area contributed by atoms with Crippen LogP contribution < -0.4 is 5.43 Å². The van der Waals surface area contributed by atoms with Crippen molar-refractivity contribution in [2.24, 2.45) is 0 Å².